The van der Waals surface area contributed by atoms with E-state index in [0.29, 0.717) is 6.61 Å². The molecule has 1 amide bonds. The zero-order valence-electron chi connectivity index (χ0n) is 12.2. The molecule has 21 heavy (non-hydrogen) atoms. The van der Waals surface area contributed by atoms with Crippen molar-refractivity contribution < 1.29 is 14.3 Å². The molecule has 0 aromatic heterocycles. The Hall–Kier alpha value is -2.48. The van der Waals surface area contributed by atoms with E-state index in [1.54, 1.807) is 14.0 Å². The van der Waals surface area contributed by atoms with Crippen LogP contribution in [0.5, 0.6) is 0 Å². The summed E-state index contributed by atoms with van der Waals surface area (Å²) in [5.41, 5.74) is -0.947. The highest BCUT2D eigenvalue weighted by Gasteiger charge is 2.77. The van der Waals surface area contributed by atoms with Crippen molar-refractivity contribution in [1.29, 1.82) is 5.26 Å². The predicted octanol–water partition coefficient (Wildman–Crippen LogP) is 2.12. The van der Waals surface area contributed by atoms with Crippen LogP contribution in [0, 0.1) is 16.7 Å². The largest absolute Gasteiger partial charge is 0.465 e. The smallest absolute Gasteiger partial charge is 0.297 e. The van der Waals surface area contributed by atoms with Crippen LogP contribution in [0.2, 0.25) is 0 Å². The molecule has 2 atom stereocenters. The molecule has 1 saturated heterocycles. The number of nitriles is 1. The lowest BCUT2D eigenvalue weighted by Crippen LogP contribution is -2.72. The lowest BCUT2D eigenvalue weighted by molar-refractivity contribution is -0.248. The van der Waals surface area contributed by atoms with Crippen LogP contribution in [0.1, 0.15) is 19.4 Å². The number of carbonyl (C=O) groups excluding carboxylic acids is 1. The van der Waals surface area contributed by atoms with E-state index in [1.165, 1.54) is 4.90 Å². The fraction of sp³-hybridized carbons (Fsp3) is 0.375. The first-order valence-corrected chi connectivity index (χ1v) is 6.84. The van der Waals surface area contributed by atoms with Gasteiger partial charge in [0, 0.05) is 12.6 Å². The summed E-state index contributed by atoms with van der Waals surface area (Å²) in [6.45, 7) is 3.93. The number of rotatable bonds is 3. The molecular weight excluding hydrogens is 268 g/mol. The van der Waals surface area contributed by atoms with Gasteiger partial charge in [0.05, 0.1) is 6.61 Å². The molecule has 0 aliphatic carbocycles. The van der Waals surface area contributed by atoms with Crippen LogP contribution in [0.3, 0.4) is 0 Å². The van der Waals surface area contributed by atoms with Crippen molar-refractivity contribution in [1.82, 2.24) is 4.90 Å². The minimum absolute atomic E-state index is 0.141. The van der Waals surface area contributed by atoms with Gasteiger partial charge in [0.2, 0.25) is 11.6 Å². The molecule has 1 fully saturated rings. The second kappa shape index (κ2) is 4.26. The number of β-lactam (4-membered cyclic amide) rings is 1. The van der Waals surface area contributed by atoms with Crippen LogP contribution < -0.4 is 0 Å². The highest BCUT2D eigenvalue weighted by atomic mass is 16.7. The zero-order chi connectivity index (χ0) is 15.3. The van der Waals surface area contributed by atoms with Crippen LogP contribution in [-0.4, -0.2) is 24.5 Å². The minimum atomic E-state index is -1.04. The van der Waals surface area contributed by atoms with E-state index < -0.39 is 11.1 Å². The molecule has 0 unspecified atom stereocenters. The first-order valence-electron chi connectivity index (χ1n) is 6.84. The lowest BCUT2D eigenvalue weighted by atomic mass is 9.63. The van der Waals surface area contributed by atoms with E-state index in [9.17, 15) is 10.1 Å². The highest BCUT2D eigenvalue weighted by Crippen LogP contribution is 2.64. The first-order chi connectivity index (χ1) is 10.0. The Morgan fingerprint density at radius 2 is 2.05 bits per heavy atom. The molecule has 2 heterocycles. The Morgan fingerprint density at radius 3 is 2.62 bits per heavy atom. The molecule has 0 bridgehead atoms. The Morgan fingerprint density at radius 1 is 1.38 bits per heavy atom. The van der Waals surface area contributed by atoms with Gasteiger partial charge in [-0.3, -0.25) is 4.79 Å². The summed E-state index contributed by atoms with van der Waals surface area (Å²) in [5, 5.41) is 9.48. The predicted molar refractivity (Wildman–Crippen MR) is 74.3 cm³/mol. The number of fused-ring (bicyclic) bond motifs is 1. The molecule has 1 aromatic rings. The molecule has 5 nitrogen and oxygen atoms in total. The summed E-state index contributed by atoms with van der Waals surface area (Å²) >= 11 is 0. The van der Waals surface area contributed by atoms with Crippen LogP contribution in [0.4, 0.5) is 0 Å². The van der Waals surface area contributed by atoms with Crippen molar-refractivity contribution in [2.75, 3.05) is 13.7 Å². The molecule has 0 N–H and O–H groups in total. The maximum absolute atomic E-state index is 12.5. The van der Waals surface area contributed by atoms with Crippen molar-refractivity contribution in [2.45, 2.75) is 19.6 Å². The van der Waals surface area contributed by atoms with Gasteiger partial charge >= 0.3 is 0 Å². The first kappa shape index (κ1) is 13.5. The van der Waals surface area contributed by atoms with Crippen LogP contribution in [0.15, 0.2) is 41.9 Å². The topological polar surface area (TPSA) is 62.6 Å². The number of benzene rings is 1. The average molecular weight is 284 g/mol. The van der Waals surface area contributed by atoms with Gasteiger partial charge in [-0.2, -0.15) is 5.26 Å². The van der Waals surface area contributed by atoms with Crippen molar-refractivity contribution in [3.8, 4) is 6.07 Å². The summed E-state index contributed by atoms with van der Waals surface area (Å²) in [6, 6.07) is 11.6. The fourth-order valence-corrected chi connectivity index (χ4v) is 3.34. The van der Waals surface area contributed by atoms with Crippen LogP contribution in [-0.2, 0) is 20.0 Å². The molecule has 108 valence electrons. The fourth-order valence-electron chi connectivity index (χ4n) is 3.34. The van der Waals surface area contributed by atoms with E-state index in [0.717, 1.165) is 5.56 Å². The summed E-state index contributed by atoms with van der Waals surface area (Å²) < 4.78 is 11.5. The maximum atomic E-state index is 12.5. The minimum Gasteiger partial charge on any atom is -0.465 e. The standard InChI is InChI=1S/C16H16N2O3/c1-4-20-13-12(10-17)15(2)14(19)18(3)16(15,21-13)11-8-6-5-7-9-11/h5-9H,4H2,1-3H3/t15-,16-/m1/s1. The molecule has 0 saturated carbocycles. The third kappa shape index (κ3) is 1.32. The van der Waals surface area contributed by atoms with Crippen molar-refractivity contribution >= 4 is 5.91 Å². The molecule has 3 rings (SSSR count). The molecule has 5 heteroatoms. The van der Waals surface area contributed by atoms with Gasteiger partial charge in [-0.25, -0.2) is 0 Å². The van der Waals surface area contributed by atoms with E-state index in [2.05, 4.69) is 6.07 Å². The Balaban J connectivity index is 2.19. The van der Waals surface area contributed by atoms with Crippen LogP contribution >= 0.6 is 0 Å². The Labute approximate surface area is 123 Å². The van der Waals surface area contributed by atoms with Crippen molar-refractivity contribution in [2.24, 2.45) is 5.41 Å². The lowest BCUT2D eigenvalue weighted by Gasteiger charge is -2.56. The number of nitrogens with zero attached hydrogens (tertiary/aromatic N) is 2. The number of carbonyl (C=O) groups is 1. The molecule has 2 aliphatic heterocycles. The molecule has 0 spiro atoms. The van der Waals surface area contributed by atoms with E-state index >= 15 is 0 Å². The van der Waals surface area contributed by atoms with Crippen LogP contribution in [0.25, 0.3) is 0 Å². The summed E-state index contributed by atoms with van der Waals surface area (Å²) in [6.07, 6.45) is 0. The SMILES string of the molecule is CCOC1=C(C#N)[C@]2(C)C(=O)N(C)[C@]2(c2ccccc2)O1. The summed E-state index contributed by atoms with van der Waals surface area (Å²) in [5.74, 6) is 0.0154. The van der Waals surface area contributed by atoms with Gasteiger partial charge < -0.3 is 14.4 Å². The third-order valence-corrected chi connectivity index (χ3v) is 4.38. The van der Waals surface area contributed by atoms with Gasteiger partial charge in [0.15, 0.2) is 5.41 Å². The van der Waals surface area contributed by atoms with E-state index in [4.69, 9.17) is 9.47 Å². The van der Waals surface area contributed by atoms with Gasteiger partial charge in [0.1, 0.15) is 11.6 Å². The van der Waals surface area contributed by atoms with Gasteiger partial charge in [-0.15, -0.1) is 0 Å². The van der Waals surface area contributed by atoms with Gasteiger partial charge in [0.25, 0.3) is 5.95 Å². The van der Waals surface area contributed by atoms with Gasteiger partial charge in [-0.1, -0.05) is 30.3 Å². The number of hydrogen-bond donors (Lipinski definition) is 0. The molecule has 0 radical (unpaired) electrons. The monoisotopic (exact) mass is 284 g/mol. The molecule has 1 aromatic carbocycles. The quantitative estimate of drug-likeness (QED) is 0.798. The second-order valence-electron chi connectivity index (χ2n) is 5.31. The maximum Gasteiger partial charge on any atom is 0.297 e. The zero-order valence-corrected chi connectivity index (χ0v) is 12.2. The normalized spacial score (nSPS) is 30.4. The van der Waals surface area contributed by atoms with Crippen molar-refractivity contribution in [3.05, 3.63) is 47.4 Å². The average Bonchev–Trinajstić information content (AvgIpc) is 2.75. The second-order valence-corrected chi connectivity index (χ2v) is 5.31. The number of ether oxygens (including phenoxy) is 2. The van der Waals surface area contributed by atoms with E-state index in [-0.39, 0.29) is 17.4 Å². The summed E-state index contributed by atoms with van der Waals surface area (Å²) in [4.78, 5) is 14.0. The number of hydrogen-bond acceptors (Lipinski definition) is 4. The Kier molecular flexibility index (Phi) is 2.74. The Bertz CT molecular complexity index is 677. The molecule has 2 aliphatic rings. The number of amides is 1. The van der Waals surface area contributed by atoms with Gasteiger partial charge in [-0.05, 0) is 13.8 Å². The van der Waals surface area contributed by atoms with Crippen molar-refractivity contribution in [3.63, 3.8) is 0 Å². The third-order valence-electron chi connectivity index (χ3n) is 4.38. The molecular formula is C16H16N2O3. The highest BCUT2D eigenvalue weighted by molar-refractivity contribution is 5.96. The van der Waals surface area contributed by atoms with E-state index in [1.807, 2.05) is 37.3 Å². The summed E-state index contributed by atoms with van der Waals surface area (Å²) in [7, 11) is 1.68. The number of likely N-dealkylation sites (tertiary alicyclic amines) is 1.